The maximum absolute atomic E-state index is 10.9. The number of hydrogen-bond donors (Lipinski definition) is 2. The number of hydrogen-bond acceptors (Lipinski definition) is 2. The second-order valence-electron chi connectivity index (χ2n) is 2.67. The van der Waals surface area contributed by atoms with Gasteiger partial charge in [0.15, 0.2) is 0 Å². The van der Waals surface area contributed by atoms with Crippen molar-refractivity contribution in [2.24, 2.45) is 0 Å². The molecule has 0 saturated heterocycles. The first kappa shape index (κ1) is 7.92. The summed E-state index contributed by atoms with van der Waals surface area (Å²) in [6.07, 6.45) is 3.88. The molecule has 1 rings (SSSR count). The summed E-state index contributed by atoms with van der Waals surface area (Å²) in [7, 11) is 0. The first-order valence-corrected chi connectivity index (χ1v) is 4.36. The molecule has 0 aliphatic heterocycles. The van der Waals surface area contributed by atoms with Crippen LogP contribution in [-0.4, -0.2) is 17.7 Å². The fourth-order valence-corrected chi connectivity index (χ4v) is 0.925. The Kier molecular flexibility index (Phi) is 3.06. The van der Waals surface area contributed by atoms with E-state index in [-0.39, 0.29) is 5.91 Å². The zero-order valence-electron chi connectivity index (χ0n) is 5.97. The van der Waals surface area contributed by atoms with E-state index in [0.717, 1.165) is 12.2 Å². The summed E-state index contributed by atoms with van der Waals surface area (Å²) < 4.78 is 0. The van der Waals surface area contributed by atoms with Gasteiger partial charge in [0.2, 0.25) is 5.91 Å². The van der Waals surface area contributed by atoms with Crippen LogP contribution in [0.2, 0.25) is 0 Å². The smallest absolute Gasteiger partial charge is 0.220 e. The molecule has 0 aromatic rings. The molecule has 0 spiro atoms. The zero-order valence-corrected chi connectivity index (χ0v) is 6.86. The van der Waals surface area contributed by atoms with Gasteiger partial charge in [-0.1, -0.05) is 0 Å². The van der Waals surface area contributed by atoms with Crippen molar-refractivity contribution in [1.29, 1.82) is 0 Å². The summed E-state index contributed by atoms with van der Waals surface area (Å²) in [6.45, 7) is 0. The third-order valence-electron chi connectivity index (χ3n) is 1.50. The van der Waals surface area contributed by atoms with Crippen molar-refractivity contribution < 1.29 is 4.79 Å². The Morgan fingerprint density at radius 3 is 2.80 bits per heavy atom. The van der Waals surface area contributed by atoms with Crippen molar-refractivity contribution in [3.05, 3.63) is 0 Å². The monoisotopic (exact) mass is 159 g/mol. The molecule has 0 aromatic heterocycles. The third-order valence-corrected chi connectivity index (χ3v) is 1.82. The lowest BCUT2D eigenvalue weighted by Gasteiger charge is -1.99. The largest absolute Gasteiger partial charge is 0.353 e. The topological polar surface area (TPSA) is 29.1 Å². The van der Waals surface area contributed by atoms with Crippen LogP contribution in [0.15, 0.2) is 0 Å². The van der Waals surface area contributed by atoms with Crippen LogP contribution in [0, 0.1) is 0 Å². The van der Waals surface area contributed by atoms with E-state index >= 15 is 0 Å². The Labute approximate surface area is 66.8 Å². The Bertz CT molecular complexity index is 123. The molecule has 1 amide bonds. The number of carbonyl (C=O) groups is 1. The van der Waals surface area contributed by atoms with Gasteiger partial charge in [0, 0.05) is 12.5 Å². The summed E-state index contributed by atoms with van der Waals surface area (Å²) in [5.74, 6) is 0.995. The molecule has 0 bridgehead atoms. The quantitative estimate of drug-likeness (QED) is 0.588. The Balaban J connectivity index is 1.97. The molecular formula is C7H13NOS. The van der Waals surface area contributed by atoms with Crippen molar-refractivity contribution >= 4 is 18.5 Å². The van der Waals surface area contributed by atoms with Gasteiger partial charge in [-0.3, -0.25) is 4.79 Å². The Morgan fingerprint density at radius 2 is 2.30 bits per heavy atom. The second kappa shape index (κ2) is 3.86. The zero-order chi connectivity index (χ0) is 7.40. The van der Waals surface area contributed by atoms with Gasteiger partial charge in [-0.25, -0.2) is 0 Å². The van der Waals surface area contributed by atoms with E-state index in [0.29, 0.717) is 12.5 Å². The maximum atomic E-state index is 10.9. The van der Waals surface area contributed by atoms with E-state index in [2.05, 4.69) is 17.9 Å². The summed E-state index contributed by atoms with van der Waals surface area (Å²) in [4.78, 5) is 10.9. The van der Waals surface area contributed by atoms with Crippen LogP contribution in [0.1, 0.15) is 25.7 Å². The molecule has 0 heterocycles. The van der Waals surface area contributed by atoms with Crippen molar-refractivity contribution in [2.75, 3.05) is 5.75 Å². The van der Waals surface area contributed by atoms with Gasteiger partial charge >= 0.3 is 0 Å². The molecule has 0 atom stereocenters. The maximum Gasteiger partial charge on any atom is 0.220 e. The minimum absolute atomic E-state index is 0.191. The molecule has 0 radical (unpaired) electrons. The average Bonchev–Trinajstić information content (AvgIpc) is 2.67. The van der Waals surface area contributed by atoms with Crippen molar-refractivity contribution in [3.63, 3.8) is 0 Å². The van der Waals surface area contributed by atoms with E-state index in [9.17, 15) is 4.79 Å². The summed E-state index contributed by atoms with van der Waals surface area (Å²) >= 11 is 4.02. The van der Waals surface area contributed by atoms with Crippen LogP contribution in [0.25, 0.3) is 0 Å². The highest BCUT2D eigenvalue weighted by Gasteiger charge is 2.22. The van der Waals surface area contributed by atoms with Crippen LogP contribution >= 0.6 is 12.6 Å². The average molecular weight is 159 g/mol. The van der Waals surface area contributed by atoms with Gasteiger partial charge < -0.3 is 5.32 Å². The molecule has 1 aliphatic carbocycles. The van der Waals surface area contributed by atoms with E-state index in [1.807, 2.05) is 0 Å². The molecule has 1 N–H and O–H groups in total. The van der Waals surface area contributed by atoms with Gasteiger partial charge in [0.05, 0.1) is 0 Å². The number of rotatable bonds is 4. The fourth-order valence-electron chi connectivity index (χ4n) is 0.767. The second-order valence-corrected chi connectivity index (χ2v) is 3.12. The predicted molar refractivity (Wildman–Crippen MR) is 44.3 cm³/mol. The predicted octanol–water partition coefficient (Wildman–Crippen LogP) is 0.975. The standard InChI is InChI=1S/C7H13NOS/c9-7(2-1-5-10)8-6-3-4-6/h6,10H,1-5H2,(H,8,9). The highest BCUT2D eigenvalue weighted by molar-refractivity contribution is 7.80. The molecule has 2 nitrogen and oxygen atoms in total. The highest BCUT2D eigenvalue weighted by atomic mass is 32.1. The molecular weight excluding hydrogens is 146 g/mol. The van der Waals surface area contributed by atoms with Crippen molar-refractivity contribution in [1.82, 2.24) is 5.32 Å². The summed E-state index contributed by atoms with van der Waals surface area (Å²) in [5.41, 5.74) is 0. The van der Waals surface area contributed by atoms with Crippen LogP contribution < -0.4 is 5.32 Å². The van der Waals surface area contributed by atoms with E-state index < -0.39 is 0 Å². The van der Waals surface area contributed by atoms with Crippen LogP contribution in [0.4, 0.5) is 0 Å². The fraction of sp³-hybridized carbons (Fsp3) is 0.857. The lowest BCUT2D eigenvalue weighted by Crippen LogP contribution is -2.24. The van der Waals surface area contributed by atoms with Gasteiger partial charge in [-0.2, -0.15) is 12.6 Å². The summed E-state index contributed by atoms with van der Waals surface area (Å²) in [6, 6.07) is 0.507. The van der Waals surface area contributed by atoms with Crippen LogP contribution in [0.5, 0.6) is 0 Å². The van der Waals surface area contributed by atoms with E-state index in [1.165, 1.54) is 12.8 Å². The molecule has 58 valence electrons. The van der Waals surface area contributed by atoms with Crippen LogP contribution in [0.3, 0.4) is 0 Å². The van der Waals surface area contributed by atoms with Crippen molar-refractivity contribution in [2.45, 2.75) is 31.7 Å². The van der Waals surface area contributed by atoms with Gasteiger partial charge in [0.1, 0.15) is 0 Å². The number of amides is 1. The number of thiol groups is 1. The minimum Gasteiger partial charge on any atom is -0.353 e. The van der Waals surface area contributed by atoms with Crippen molar-refractivity contribution in [3.8, 4) is 0 Å². The van der Waals surface area contributed by atoms with Gasteiger partial charge in [-0.15, -0.1) is 0 Å². The molecule has 1 fully saturated rings. The first-order chi connectivity index (χ1) is 4.83. The Morgan fingerprint density at radius 1 is 1.60 bits per heavy atom. The van der Waals surface area contributed by atoms with E-state index in [4.69, 9.17) is 0 Å². The number of nitrogens with one attached hydrogen (secondary N) is 1. The molecule has 1 aliphatic rings. The summed E-state index contributed by atoms with van der Waals surface area (Å²) in [5, 5.41) is 2.92. The minimum atomic E-state index is 0.191. The molecule has 0 aromatic carbocycles. The molecule has 10 heavy (non-hydrogen) atoms. The normalized spacial score (nSPS) is 16.9. The highest BCUT2D eigenvalue weighted by Crippen LogP contribution is 2.18. The molecule has 0 unspecified atom stereocenters. The van der Waals surface area contributed by atoms with E-state index in [1.54, 1.807) is 0 Å². The lowest BCUT2D eigenvalue weighted by atomic mass is 10.3. The lowest BCUT2D eigenvalue weighted by molar-refractivity contribution is -0.121. The van der Waals surface area contributed by atoms with Gasteiger partial charge in [0.25, 0.3) is 0 Å². The molecule has 1 saturated carbocycles. The SMILES string of the molecule is O=C(CCCS)NC1CC1. The first-order valence-electron chi connectivity index (χ1n) is 3.73. The van der Waals surface area contributed by atoms with Gasteiger partial charge in [-0.05, 0) is 25.0 Å². The Hall–Kier alpha value is -0.180. The third kappa shape index (κ3) is 3.11. The number of carbonyl (C=O) groups excluding carboxylic acids is 1. The van der Waals surface area contributed by atoms with Crippen LogP contribution in [-0.2, 0) is 4.79 Å². The molecule has 3 heteroatoms.